The molecular weight excluding hydrogens is 539 g/mol. The van der Waals surface area contributed by atoms with Crippen molar-refractivity contribution < 1.29 is 4.79 Å². The molecule has 0 radical (unpaired) electrons. The zero-order chi connectivity index (χ0) is 22.2. The van der Waals surface area contributed by atoms with Crippen molar-refractivity contribution in [2.24, 2.45) is 10.9 Å². The number of nitrogens with zero attached hydrogens (tertiary/aromatic N) is 4. The normalized spacial score (nSPS) is 22.9. The molecule has 0 saturated carbocycles. The van der Waals surface area contributed by atoms with E-state index in [2.05, 4.69) is 44.6 Å². The fourth-order valence-electron chi connectivity index (χ4n) is 4.76. The lowest BCUT2D eigenvalue weighted by Gasteiger charge is -2.40. The molecule has 3 rings (SSSR count). The summed E-state index contributed by atoms with van der Waals surface area (Å²) in [5.74, 6) is 1.52. The number of hydrogen-bond acceptors (Lipinski definition) is 4. The van der Waals surface area contributed by atoms with Gasteiger partial charge in [-0.05, 0) is 50.0 Å². The van der Waals surface area contributed by atoms with Crippen molar-refractivity contribution in [1.82, 2.24) is 25.3 Å². The number of carbonyl (C=O) groups excluding carboxylic acids is 1. The quantitative estimate of drug-likeness (QED) is 0.310. The lowest BCUT2D eigenvalue weighted by molar-refractivity contribution is -0.130. The molecule has 32 heavy (non-hydrogen) atoms. The van der Waals surface area contributed by atoms with Gasteiger partial charge in [-0.2, -0.15) is 0 Å². The van der Waals surface area contributed by atoms with E-state index in [0.717, 1.165) is 63.3 Å². The van der Waals surface area contributed by atoms with Gasteiger partial charge in [-0.15, -0.1) is 24.0 Å². The number of aliphatic imine (C=N–C) groups is 1. The van der Waals surface area contributed by atoms with Crippen LogP contribution in [0.25, 0.3) is 0 Å². The maximum absolute atomic E-state index is 11.5. The molecule has 0 aliphatic carbocycles. The number of nitrogens with one attached hydrogen (secondary N) is 2. The number of guanidine groups is 1. The molecule has 0 bridgehead atoms. The van der Waals surface area contributed by atoms with Crippen LogP contribution in [0.4, 0.5) is 0 Å². The maximum Gasteiger partial charge on any atom is 0.219 e. The van der Waals surface area contributed by atoms with E-state index in [0.29, 0.717) is 12.0 Å². The van der Waals surface area contributed by atoms with Crippen molar-refractivity contribution in [2.45, 2.75) is 25.8 Å². The van der Waals surface area contributed by atoms with E-state index in [-0.39, 0.29) is 29.9 Å². The highest BCUT2D eigenvalue weighted by atomic mass is 127. The van der Waals surface area contributed by atoms with Gasteiger partial charge in [0, 0.05) is 70.8 Å². The van der Waals surface area contributed by atoms with Crippen LogP contribution < -0.4 is 10.6 Å². The van der Waals surface area contributed by atoms with Crippen LogP contribution in [0, 0.1) is 5.92 Å². The van der Waals surface area contributed by atoms with E-state index < -0.39 is 0 Å². The Labute approximate surface area is 215 Å². The standard InChI is InChI=1S/C23H37ClN6O.HI/c1-18(31)30-14-12-29(13-15-30)11-9-26-23(25-2)27-17-20-7-5-10-28(3)22(20)19-6-4-8-21(24)16-19;/h4,6,8,16,20,22H,5,7,9-15,17H2,1-3H3,(H2,25,26,27);1H. The summed E-state index contributed by atoms with van der Waals surface area (Å²) in [6.45, 7) is 8.92. The monoisotopic (exact) mass is 576 g/mol. The number of hydrogen-bond donors (Lipinski definition) is 2. The Morgan fingerprint density at radius 2 is 1.94 bits per heavy atom. The lowest BCUT2D eigenvalue weighted by atomic mass is 9.85. The number of likely N-dealkylation sites (tertiary alicyclic amines) is 1. The number of benzene rings is 1. The zero-order valence-electron chi connectivity index (χ0n) is 19.5. The summed E-state index contributed by atoms with van der Waals surface area (Å²) in [5.41, 5.74) is 1.29. The second-order valence-corrected chi connectivity index (χ2v) is 9.05. The highest BCUT2D eigenvalue weighted by Crippen LogP contribution is 2.35. The Morgan fingerprint density at radius 3 is 2.59 bits per heavy atom. The molecule has 2 heterocycles. The van der Waals surface area contributed by atoms with Crippen LogP contribution in [0.5, 0.6) is 0 Å². The number of amides is 1. The van der Waals surface area contributed by atoms with Crippen LogP contribution >= 0.6 is 35.6 Å². The first-order valence-electron chi connectivity index (χ1n) is 11.4. The summed E-state index contributed by atoms with van der Waals surface area (Å²) < 4.78 is 0. The molecule has 180 valence electrons. The molecule has 1 amide bonds. The Bertz CT molecular complexity index is 756. The predicted molar refractivity (Wildman–Crippen MR) is 143 cm³/mol. The molecule has 9 heteroatoms. The largest absolute Gasteiger partial charge is 0.356 e. The van der Waals surface area contributed by atoms with Gasteiger partial charge >= 0.3 is 0 Å². The molecule has 2 unspecified atom stereocenters. The lowest BCUT2D eigenvalue weighted by Crippen LogP contribution is -2.50. The van der Waals surface area contributed by atoms with Crippen molar-refractivity contribution in [3.8, 4) is 0 Å². The molecule has 7 nitrogen and oxygen atoms in total. The van der Waals surface area contributed by atoms with E-state index in [1.54, 1.807) is 6.92 Å². The Morgan fingerprint density at radius 1 is 1.19 bits per heavy atom. The van der Waals surface area contributed by atoms with Gasteiger partial charge in [-0.3, -0.25) is 19.6 Å². The fraction of sp³-hybridized carbons (Fsp3) is 0.652. The van der Waals surface area contributed by atoms with E-state index in [1.165, 1.54) is 18.4 Å². The smallest absolute Gasteiger partial charge is 0.219 e. The van der Waals surface area contributed by atoms with Crippen molar-refractivity contribution >= 4 is 47.4 Å². The minimum Gasteiger partial charge on any atom is -0.356 e. The second kappa shape index (κ2) is 13.6. The summed E-state index contributed by atoms with van der Waals surface area (Å²) in [4.78, 5) is 22.6. The van der Waals surface area contributed by atoms with Crippen LogP contribution in [0.15, 0.2) is 29.3 Å². The highest BCUT2D eigenvalue weighted by molar-refractivity contribution is 14.0. The molecule has 0 spiro atoms. The van der Waals surface area contributed by atoms with Crippen molar-refractivity contribution in [1.29, 1.82) is 0 Å². The van der Waals surface area contributed by atoms with Gasteiger partial charge in [-0.1, -0.05) is 23.7 Å². The van der Waals surface area contributed by atoms with Gasteiger partial charge in [-0.25, -0.2) is 0 Å². The average Bonchev–Trinajstić information content (AvgIpc) is 2.76. The third-order valence-corrected chi connectivity index (χ3v) is 6.73. The Kier molecular flexibility index (Phi) is 11.5. The number of piperidine rings is 1. The second-order valence-electron chi connectivity index (χ2n) is 8.61. The summed E-state index contributed by atoms with van der Waals surface area (Å²) in [7, 11) is 4.03. The van der Waals surface area contributed by atoms with Gasteiger partial charge in [0.05, 0.1) is 0 Å². The summed E-state index contributed by atoms with van der Waals surface area (Å²) in [6, 6.07) is 8.62. The van der Waals surface area contributed by atoms with Crippen LogP contribution in [-0.2, 0) is 4.79 Å². The van der Waals surface area contributed by atoms with Crippen molar-refractivity contribution in [2.75, 3.05) is 66.5 Å². The molecule has 1 aromatic carbocycles. The van der Waals surface area contributed by atoms with Crippen LogP contribution in [-0.4, -0.2) is 93.0 Å². The SMILES string of the molecule is CN=C(NCCN1CCN(C(C)=O)CC1)NCC1CCCN(C)C1c1cccc(Cl)c1.I. The van der Waals surface area contributed by atoms with Gasteiger partial charge in [0.2, 0.25) is 5.91 Å². The van der Waals surface area contributed by atoms with Gasteiger partial charge in [0.15, 0.2) is 5.96 Å². The first-order valence-corrected chi connectivity index (χ1v) is 11.7. The maximum atomic E-state index is 11.5. The molecule has 2 aliphatic heterocycles. The summed E-state index contributed by atoms with van der Waals surface area (Å²) in [5, 5.41) is 7.78. The average molecular weight is 577 g/mol. The van der Waals surface area contributed by atoms with E-state index in [1.807, 2.05) is 24.1 Å². The van der Waals surface area contributed by atoms with Gasteiger partial charge in [0.25, 0.3) is 0 Å². The molecule has 0 aromatic heterocycles. The zero-order valence-corrected chi connectivity index (χ0v) is 22.6. The summed E-state index contributed by atoms with van der Waals surface area (Å²) in [6.07, 6.45) is 2.39. The Balaban J connectivity index is 0.00000363. The summed E-state index contributed by atoms with van der Waals surface area (Å²) >= 11 is 6.27. The topological polar surface area (TPSA) is 63.2 Å². The molecule has 1 aromatic rings. The number of halogens is 2. The van der Waals surface area contributed by atoms with E-state index in [4.69, 9.17) is 11.6 Å². The molecule has 2 fully saturated rings. The van der Waals surface area contributed by atoms with Crippen molar-refractivity contribution in [3.63, 3.8) is 0 Å². The number of rotatable bonds is 6. The van der Waals surface area contributed by atoms with Crippen LogP contribution in [0.3, 0.4) is 0 Å². The van der Waals surface area contributed by atoms with Gasteiger partial charge in [0.1, 0.15) is 0 Å². The van der Waals surface area contributed by atoms with Gasteiger partial charge < -0.3 is 15.5 Å². The third-order valence-electron chi connectivity index (χ3n) is 6.49. The number of piperazine rings is 1. The highest BCUT2D eigenvalue weighted by Gasteiger charge is 2.30. The Hall–Kier alpha value is -1.10. The third kappa shape index (κ3) is 7.74. The fourth-order valence-corrected chi connectivity index (χ4v) is 4.96. The first-order chi connectivity index (χ1) is 15.0. The molecule has 2 saturated heterocycles. The molecule has 2 N–H and O–H groups in total. The van der Waals surface area contributed by atoms with Crippen LogP contribution in [0.1, 0.15) is 31.4 Å². The predicted octanol–water partition coefficient (Wildman–Crippen LogP) is 2.67. The van der Waals surface area contributed by atoms with Crippen molar-refractivity contribution in [3.05, 3.63) is 34.9 Å². The molecular formula is C23H38ClIN6O. The molecule has 2 atom stereocenters. The van der Waals surface area contributed by atoms with Crippen LogP contribution in [0.2, 0.25) is 5.02 Å². The van der Waals surface area contributed by atoms with E-state index in [9.17, 15) is 4.79 Å². The minimum absolute atomic E-state index is 0. The van der Waals surface area contributed by atoms with E-state index >= 15 is 0 Å². The molecule has 2 aliphatic rings. The minimum atomic E-state index is 0. The number of carbonyl (C=O) groups is 1. The first kappa shape index (κ1) is 27.1.